The molecule has 0 unspecified atom stereocenters. The summed E-state index contributed by atoms with van der Waals surface area (Å²) in [5, 5.41) is 10.6. The summed E-state index contributed by atoms with van der Waals surface area (Å²) >= 11 is 0. The van der Waals surface area contributed by atoms with Gasteiger partial charge in [-0.3, -0.25) is 0 Å². The topological polar surface area (TPSA) is 46.2 Å². The minimum absolute atomic E-state index is 0.297. The Morgan fingerprint density at radius 3 is 1.94 bits per heavy atom. The van der Waals surface area contributed by atoms with Crippen LogP contribution in [0.5, 0.6) is 5.75 Å². The highest BCUT2D eigenvalue weighted by molar-refractivity contribution is 5.52. The van der Waals surface area contributed by atoms with E-state index in [0.29, 0.717) is 17.6 Å². The van der Waals surface area contributed by atoms with E-state index in [1.807, 2.05) is 0 Å². The number of rotatable bonds is 3. The minimum atomic E-state index is -0.297. The molecule has 1 aliphatic carbocycles. The van der Waals surface area contributed by atoms with Crippen LogP contribution in [0.3, 0.4) is 0 Å². The molecule has 1 fully saturated rings. The van der Waals surface area contributed by atoms with E-state index in [2.05, 4.69) is 39.8 Å². The van der Waals surface area contributed by atoms with E-state index in [1.54, 1.807) is 0 Å². The van der Waals surface area contributed by atoms with E-state index in [9.17, 15) is 5.11 Å². The number of phenols is 1. The summed E-state index contributed by atoms with van der Waals surface area (Å²) in [7, 11) is 0. The second-order valence-electron chi connectivity index (χ2n) is 6.29. The van der Waals surface area contributed by atoms with Gasteiger partial charge in [0.2, 0.25) is 0 Å². The number of hydrogen-bond donors (Lipinski definition) is 2. The van der Waals surface area contributed by atoms with E-state index in [1.165, 1.54) is 12.0 Å². The first-order valence-electron chi connectivity index (χ1n) is 7.02. The molecule has 0 radical (unpaired) electrons. The van der Waals surface area contributed by atoms with E-state index in [-0.39, 0.29) is 5.54 Å². The first-order chi connectivity index (χ1) is 8.37. The van der Waals surface area contributed by atoms with Crippen molar-refractivity contribution < 1.29 is 5.11 Å². The molecule has 0 heterocycles. The van der Waals surface area contributed by atoms with Gasteiger partial charge in [0.05, 0.1) is 0 Å². The van der Waals surface area contributed by atoms with Crippen LogP contribution in [-0.2, 0) is 5.54 Å². The van der Waals surface area contributed by atoms with Crippen molar-refractivity contribution in [3.63, 3.8) is 0 Å². The Bertz CT molecular complexity index is 445. The van der Waals surface area contributed by atoms with Gasteiger partial charge in [-0.25, -0.2) is 0 Å². The summed E-state index contributed by atoms with van der Waals surface area (Å²) in [5.74, 6) is 1.17. The van der Waals surface area contributed by atoms with Gasteiger partial charge < -0.3 is 10.8 Å². The van der Waals surface area contributed by atoms with E-state index in [4.69, 9.17) is 5.73 Å². The lowest BCUT2D eigenvalue weighted by atomic mass is 9.69. The average molecular weight is 247 g/mol. The van der Waals surface area contributed by atoms with Gasteiger partial charge in [0, 0.05) is 11.1 Å². The Balaban J connectivity index is 2.61. The summed E-state index contributed by atoms with van der Waals surface area (Å²) in [6.45, 7) is 8.54. The van der Waals surface area contributed by atoms with Gasteiger partial charge in [0.25, 0.3) is 0 Å². The average Bonchev–Trinajstić information content (AvgIpc) is 2.24. The Morgan fingerprint density at radius 1 is 1.06 bits per heavy atom. The zero-order chi connectivity index (χ0) is 13.5. The Labute approximate surface area is 110 Å². The molecule has 2 rings (SSSR count). The first-order valence-corrected chi connectivity index (χ1v) is 7.02. The number of hydrogen-bond acceptors (Lipinski definition) is 2. The van der Waals surface area contributed by atoms with Crippen molar-refractivity contribution in [2.45, 2.75) is 64.3 Å². The van der Waals surface area contributed by atoms with Crippen molar-refractivity contribution in [2.75, 3.05) is 0 Å². The van der Waals surface area contributed by atoms with Crippen molar-refractivity contribution in [2.24, 2.45) is 5.73 Å². The molecule has 0 aliphatic heterocycles. The highest BCUT2D eigenvalue weighted by Crippen LogP contribution is 2.47. The van der Waals surface area contributed by atoms with Crippen LogP contribution >= 0.6 is 0 Å². The molecule has 1 aromatic carbocycles. The zero-order valence-electron chi connectivity index (χ0n) is 12.0. The molecule has 100 valence electrons. The van der Waals surface area contributed by atoms with Crippen molar-refractivity contribution in [3.05, 3.63) is 28.8 Å². The molecule has 0 saturated heterocycles. The van der Waals surface area contributed by atoms with Crippen molar-refractivity contribution in [1.82, 2.24) is 0 Å². The Hall–Kier alpha value is -1.02. The lowest BCUT2D eigenvalue weighted by molar-refractivity contribution is 0.242. The van der Waals surface area contributed by atoms with Gasteiger partial charge in [-0.2, -0.15) is 0 Å². The van der Waals surface area contributed by atoms with Crippen LogP contribution in [-0.4, -0.2) is 5.11 Å². The molecule has 0 spiro atoms. The van der Waals surface area contributed by atoms with Crippen LogP contribution in [0.4, 0.5) is 0 Å². The zero-order valence-corrected chi connectivity index (χ0v) is 12.0. The maximum Gasteiger partial charge on any atom is 0.124 e. The van der Waals surface area contributed by atoms with Gasteiger partial charge >= 0.3 is 0 Å². The standard InChI is InChI=1S/C16H25NO/c1-10(2)12-6-7-13(11(3)4)15(18)14(12)16(17)8-5-9-16/h6-7,10-11,18H,5,8-9,17H2,1-4H3. The molecule has 0 bridgehead atoms. The lowest BCUT2D eigenvalue weighted by Gasteiger charge is -2.41. The van der Waals surface area contributed by atoms with Crippen LogP contribution < -0.4 is 5.73 Å². The minimum Gasteiger partial charge on any atom is -0.507 e. The third-order valence-electron chi connectivity index (χ3n) is 4.23. The molecular formula is C16H25NO. The molecule has 18 heavy (non-hydrogen) atoms. The van der Waals surface area contributed by atoms with Crippen molar-refractivity contribution in [3.8, 4) is 5.75 Å². The van der Waals surface area contributed by atoms with Crippen LogP contribution in [0.2, 0.25) is 0 Å². The fourth-order valence-corrected chi connectivity index (χ4v) is 2.90. The second-order valence-corrected chi connectivity index (χ2v) is 6.29. The number of aromatic hydroxyl groups is 1. The highest BCUT2D eigenvalue weighted by Gasteiger charge is 2.39. The van der Waals surface area contributed by atoms with Crippen LogP contribution in [0.1, 0.15) is 75.5 Å². The Kier molecular flexibility index (Phi) is 3.41. The smallest absolute Gasteiger partial charge is 0.124 e. The SMILES string of the molecule is CC(C)c1ccc(C(C)C)c(C2(N)CCC2)c1O. The quantitative estimate of drug-likeness (QED) is 0.848. The normalized spacial score (nSPS) is 18.2. The molecule has 1 aromatic rings. The monoisotopic (exact) mass is 247 g/mol. The summed E-state index contributed by atoms with van der Waals surface area (Å²) in [5.41, 5.74) is 9.41. The summed E-state index contributed by atoms with van der Waals surface area (Å²) in [6, 6.07) is 4.21. The third-order valence-corrected chi connectivity index (χ3v) is 4.23. The van der Waals surface area contributed by atoms with Gasteiger partial charge in [0.15, 0.2) is 0 Å². The molecular weight excluding hydrogens is 222 g/mol. The lowest BCUT2D eigenvalue weighted by Crippen LogP contribution is -2.44. The van der Waals surface area contributed by atoms with Gasteiger partial charge in [0.1, 0.15) is 5.75 Å². The summed E-state index contributed by atoms with van der Waals surface area (Å²) < 4.78 is 0. The van der Waals surface area contributed by atoms with Gasteiger partial charge in [-0.05, 0) is 42.2 Å². The Morgan fingerprint density at radius 2 is 1.56 bits per heavy atom. The van der Waals surface area contributed by atoms with Crippen LogP contribution in [0.15, 0.2) is 12.1 Å². The molecule has 0 amide bonds. The molecule has 1 saturated carbocycles. The first kappa shape index (κ1) is 13.4. The molecule has 0 atom stereocenters. The largest absolute Gasteiger partial charge is 0.507 e. The molecule has 2 nitrogen and oxygen atoms in total. The molecule has 3 N–H and O–H groups in total. The van der Waals surface area contributed by atoms with E-state index in [0.717, 1.165) is 24.0 Å². The summed E-state index contributed by atoms with van der Waals surface area (Å²) in [4.78, 5) is 0. The molecule has 2 heteroatoms. The third kappa shape index (κ3) is 2.03. The maximum absolute atomic E-state index is 10.6. The number of benzene rings is 1. The van der Waals surface area contributed by atoms with Gasteiger partial charge in [-0.15, -0.1) is 0 Å². The predicted molar refractivity (Wildman–Crippen MR) is 76.0 cm³/mol. The summed E-state index contributed by atoms with van der Waals surface area (Å²) in [6.07, 6.45) is 3.14. The predicted octanol–water partition coefficient (Wildman–Crippen LogP) is 3.98. The van der Waals surface area contributed by atoms with Crippen LogP contribution in [0, 0.1) is 0 Å². The molecule has 1 aliphatic rings. The van der Waals surface area contributed by atoms with E-state index < -0.39 is 0 Å². The van der Waals surface area contributed by atoms with E-state index >= 15 is 0 Å². The van der Waals surface area contributed by atoms with Crippen LogP contribution in [0.25, 0.3) is 0 Å². The highest BCUT2D eigenvalue weighted by atomic mass is 16.3. The fraction of sp³-hybridized carbons (Fsp3) is 0.625. The number of nitrogens with two attached hydrogens (primary N) is 1. The number of phenolic OH excluding ortho intramolecular Hbond substituents is 1. The van der Waals surface area contributed by atoms with Gasteiger partial charge in [-0.1, -0.05) is 39.8 Å². The van der Waals surface area contributed by atoms with Crippen molar-refractivity contribution in [1.29, 1.82) is 0 Å². The fourth-order valence-electron chi connectivity index (χ4n) is 2.90. The molecule has 0 aromatic heterocycles. The van der Waals surface area contributed by atoms with Crippen molar-refractivity contribution >= 4 is 0 Å². The maximum atomic E-state index is 10.6. The second kappa shape index (κ2) is 4.58.